The summed E-state index contributed by atoms with van der Waals surface area (Å²) in [6.07, 6.45) is 0.176. The number of benzene rings is 2. The van der Waals surface area contributed by atoms with Gasteiger partial charge in [0, 0.05) is 31.6 Å². The van der Waals surface area contributed by atoms with E-state index in [-0.39, 0.29) is 12.4 Å². The van der Waals surface area contributed by atoms with Crippen LogP contribution in [0.5, 0.6) is 5.75 Å². The molecule has 0 bridgehead atoms. The molecule has 2 N–H and O–H groups in total. The molecule has 1 unspecified atom stereocenters. The van der Waals surface area contributed by atoms with Gasteiger partial charge in [0.2, 0.25) is 0 Å². The van der Waals surface area contributed by atoms with E-state index in [1.54, 1.807) is 12.1 Å². The molecule has 0 amide bonds. The van der Waals surface area contributed by atoms with Crippen LogP contribution in [0.25, 0.3) is 16.6 Å². The van der Waals surface area contributed by atoms with Crippen molar-refractivity contribution in [2.75, 3.05) is 38.7 Å². The molecular weight excluding hydrogens is 447 g/mol. The first-order valence-corrected chi connectivity index (χ1v) is 11.6. The Hall–Kier alpha value is -3.56. The van der Waals surface area contributed by atoms with Gasteiger partial charge in [0.25, 0.3) is 0 Å². The van der Waals surface area contributed by atoms with E-state index in [0.717, 1.165) is 28.0 Å². The van der Waals surface area contributed by atoms with E-state index in [9.17, 15) is 9.50 Å². The first kappa shape index (κ1) is 24.6. The summed E-state index contributed by atoms with van der Waals surface area (Å²) in [5, 5.41) is 26.9. The molecule has 0 aliphatic heterocycles. The van der Waals surface area contributed by atoms with Crippen molar-refractivity contribution in [1.82, 2.24) is 25.3 Å². The summed E-state index contributed by atoms with van der Waals surface area (Å²) < 4.78 is 22.7. The lowest BCUT2D eigenvalue weighted by atomic mass is 10.1. The Kier molecular flexibility index (Phi) is 7.57. The smallest absolute Gasteiger partial charge is 0.179 e. The van der Waals surface area contributed by atoms with Crippen molar-refractivity contribution in [1.29, 1.82) is 0 Å². The van der Waals surface area contributed by atoms with Crippen LogP contribution in [-0.2, 0) is 0 Å². The molecule has 0 radical (unpaired) electrons. The molecule has 2 aromatic heterocycles. The Bertz CT molecular complexity index is 1310. The SMILES string of the molecule is CNCCC(Oc1cccc(-n2nc3c(N(C)CCO)nnc(C)c3c2C)c1)c1ccccc1F. The second-order valence-corrected chi connectivity index (χ2v) is 8.49. The van der Waals surface area contributed by atoms with Crippen molar-refractivity contribution in [3.63, 3.8) is 0 Å². The maximum atomic E-state index is 14.5. The molecule has 0 aliphatic carbocycles. The van der Waals surface area contributed by atoms with E-state index in [4.69, 9.17) is 9.84 Å². The lowest BCUT2D eigenvalue weighted by Crippen LogP contribution is -2.23. The van der Waals surface area contributed by atoms with Gasteiger partial charge in [-0.1, -0.05) is 24.3 Å². The fourth-order valence-electron chi connectivity index (χ4n) is 4.22. The van der Waals surface area contributed by atoms with E-state index in [1.807, 2.05) is 67.9 Å². The second kappa shape index (κ2) is 10.8. The Morgan fingerprint density at radius 1 is 1.14 bits per heavy atom. The zero-order chi connectivity index (χ0) is 24.9. The first-order valence-electron chi connectivity index (χ1n) is 11.6. The van der Waals surface area contributed by atoms with Gasteiger partial charge in [-0.2, -0.15) is 10.2 Å². The number of aryl methyl sites for hydroxylation is 2. The average Bonchev–Trinajstić information content (AvgIpc) is 3.20. The summed E-state index contributed by atoms with van der Waals surface area (Å²) in [6.45, 7) is 5.01. The molecule has 8 nitrogen and oxygen atoms in total. The van der Waals surface area contributed by atoms with Crippen LogP contribution >= 0.6 is 0 Å². The number of likely N-dealkylation sites (N-methyl/N-ethyl adjacent to an activating group) is 1. The van der Waals surface area contributed by atoms with Gasteiger partial charge in [0.15, 0.2) is 5.82 Å². The number of nitrogens with one attached hydrogen (secondary N) is 1. The van der Waals surface area contributed by atoms with Crippen LogP contribution in [0.2, 0.25) is 0 Å². The van der Waals surface area contributed by atoms with Gasteiger partial charge in [0.05, 0.1) is 29.1 Å². The van der Waals surface area contributed by atoms with Gasteiger partial charge < -0.3 is 20.1 Å². The van der Waals surface area contributed by atoms with Gasteiger partial charge in [-0.15, -0.1) is 5.10 Å². The highest BCUT2D eigenvalue weighted by atomic mass is 19.1. The quantitative estimate of drug-likeness (QED) is 0.359. The second-order valence-electron chi connectivity index (χ2n) is 8.49. The van der Waals surface area contributed by atoms with Crippen molar-refractivity contribution in [3.8, 4) is 11.4 Å². The molecule has 0 aliphatic rings. The van der Waals surface area contributed by atoms with E-state index in [1.165, 1.54) is 6.07 Å². The summed E-state index contributed by atoms with van der Waals surface area (Å²) in [5.41, 5.74) is 3.76. The molecular formula is C26H31FN6O2. The molecule has 184 valence electrons. The van der Waals surface area contributed by atoms with Crippen molar-refractivity contribution in [2.45, 2.75) is 26.4 Å². The van der Waals surface area contributed by atoms with Crippen LogP contribution in [0.4, 0.5) is 10.2 Å². The van der Waals surface area contributed by atoms with Gasteiger partial charge in [-0.05, 0) is 45.6 Å². The third-order valence-corrected chi connectivity index (χ3v) is 6.03. The predicted octanol–water partition coefficient (Wildman–Crippen LogP) is 3.73. The zero-order valence-electron chi connectivity index (χ0n) is 20.5. The molecule has 4 aromatic rings. The van der Waals surface area contributed by atoms with E-state index < -0.39 is 6.10 Å². The third-order valence-electron chi connectivity index (χ3n) is 6.03. The van der Waals surface area contributed by atoms with Gasteiger partial charge >= 0.3 is 0 Å². The van der Waals surface area contributed by atoms with Crippen LogP contribution < -0.4 is 15.0 Å². The van der Waals surface area contributed by atoms with Crippen molar-refractivity contribution in [3.05, 3.63) is 71.3 Å². The highest BCUT2D eigenvalue weighted by molar-refractivity contribution is 5.92. The molecule has 35 heavy (non-hydrogen) atoms. The van der Waals surface area contributed by atoms with Gasteiger partial charge in [-0.25, -0.2) is 9.07 Å². The van der Waals surface area contributed by atoms with Crippen LogP contribution in [0.15, 0.2) is 48.5 Å². The fourth-order valence-corrected chi connectivity index (χ4v) is 4.22. The Morgan fingerprint density at radius 2 is 1.94 bits per heavy atom. The summed E-state index contributed by atoms with van der Waals surface area (Å²) in [6, 6.07) is 14.3. The van der Waals surface area contributed by atoms with Crippen LogP contribution in [0, 0.1) is 19.7 Å². The van der Waals surface area contributed by atoms with Crippen LogP contribution in [-0.4, -0.2) is 58.9 Å². The molecule has 2 heterocycles. The van der Waals surface area contributed by atoms with Gasteiger partial charge in [0.1, 0.15) is 23.2 Å². The maximum Gasteiger partial charge on any atom is 0.179 e. The summed E-state index contributed by atoms with van der Waals surface area (Å²) in [5.74, 6) is 0.950. The number of hydrogen-bond acceptors (Lipinski definition) is 7. The average molecular weight is 479 g/mol. The number of nitrogens with zero attached hydrogens (tertiary/aromatic N) is 5. The minimum atomic E-state index is -0.439. The standard InChI is InChI=1S/C26H31FN6O2/c1-17-24-18(2)33(31-25(24)26(30-29-17)32(4)14-15-34)19-8-7-9-20(16-19)35-23(12-13-28-3)21-10-5-6-11-22(21)27/h5-11,16,23,28,34H,12-15H2,1-4H3. The molecule has 0 saturated heterocycles. The van der Waals surface area contributed by atoms with Crippen molar-refractivity contribution >= 4 is 16.7 Å². The first-order chi connectivity index (χ1) is 16.9. The predicted molar refractivity (Wildman–Crippen MR) is 135 cm³/mol. The Morgan fingerprint density at radius 3 is 2.69 bits per heavy atom. The van der Waals surface area contributed by atoms with E-state index in [0.29, 0.717) is 36.6 Å². The maximum absolute atomic E-state index is 14.5. The van der Waals surface area contributed by atoms with Gasteiger partial charge in [-0.3, -0.25) is 0 Å². The Labute approximate surface area is 204 Å². The number of anilines is 1. The molecule has 0 fully saturated rings. The number of ether oxygens (including phenoxy) is 1. The number of rotatable bonds is 10. The zero-order valence-corrected chi connectivity index (χ0v) is 20.5. The lowest BCUT2D eigenvalue weighted by Gasteiger charge is -2.20. The number of aromatic nitrogens is 4. The van der Waals surface area contributed by atoms with E-state index in [2.05, 4.69) is 15.5 Å². The number of hydrogen-bond donors (Lipinski definition) is 2. The molecule has 0 spiro atoms. The van der Waals surface area contributed by atoms with E-state index >= 15 is 0 Å². The molecule has 9 heteroatoms. The van der Waals surface area contributed by atoms with Crippen molar-refractivity contribution < 1.29 is 14.2 Å². The highest BCUT2D eigenvalue weighted by Crippen LogP contribution is 2.31. The number of halogens is 1. The molecule has 2 aromatic carbocycles. The third kappa shape index (κ3) is 5.11. The molecule has 4 rings (SSSR count). The lowest BCUT2D eigenvalue weighted by molar-refractivity contribution is 0.190. The fraction of sp³-hybridized carbons (Fsp3) is 0.346. The normalized spacial score (nSPS) is 12.2. The summed E-state index contributed by atoms with van der Waals surface area (Å²) >= 11 is 0. The summed E-state index contributed by atoms with van der Waals surface area (Å²) in [4.78, 5) is 1.84. The minimum absolute atomic E-state index is 0.00332. The Balaban J connectivity index is 1.72. The number of aliphatic hydroxyl groups is 1. The summed E-state index contributed by atoms with van der Waals surface area (Å²) in [7, 11) is 3.72. The topological polar surface area (TPSA) is 88.3 Å². The monoisotopic (exact) mass is 478 g/mol. The largest absolute Gasteiger partial charge is 0.486 e. The number of aliphatic hydroxyl groups excluding tert-OH is 1. The highest BCUT2D eigenvalue weighted by Gasteiger charge is 2.20. The molecule has 1 atom stereocenters. The van der Waals surface area contributed by atoms with Crippen LogP contribution in [0.1, 0.15) is 29.5 Å². The number of fused-ring (bicyclic) bond motifs is 1. The molecule has 0 saturated carbocycles. The van der Waals surface area contributed by atoms with Crippen LogP contribution in [0.3, 0.4) is 0 Å². The van der Waals surface area contributed by atoms with Crippen molar-refractivity contribution in [2.24, 2.45) is 0 Å². The minimum Gasteiger partial charge on any atom is -0.486 e.